The van der Waals surface area contributed by atoms with Crippen LogP contribution in [-0.2, 0) is 19.0 Å². The Morgan fingerprint density at radius 2 is 1.75 bits per heavy atom. The van der Waals surface area contributed by atoms with E-state index in [1.54, 1.807) is 0 Å². The van der Waals surface area contributed by atoms with E-state index in [0.29, 0.717) is 43.7 Å². The van der Waals surface area contributed by atoms with Crippen molar-refractivity contribution in [3.8, 4) is 0 Å². The zero-order chi connectivity index (χ0) is 17.2. The smallest absolute Gasteiger partial charge is 0.303 e. The third-order valence-electron chi connectivity index (χ3n) is 5.32. The number of rotatable bonds is 14. The second-order valence-electron chi connectivity index (χ2n) is 7.15. The second-order valence-corrected chi connectivity index (χ2v) is 7.15. The van der Waals surface area contributed by atoms with Crippen molar-refractivity contribution >= 4 is 5.97 Å². The SMILES string of the molecule is CCCCCCOC[C@@H]1[C@H](CCOCCCC(=O)O)[C@@H]2CC[C@H]1O2. The molecule has 0 amide bonds. The van der Waals surface area contributed by atoms with Crippen molar-refractivity contribution in [2.75, 3.05) is 26.4 Å². The van der Waals surface area contributed by atoms with Crippen LogP contribution in [0.25, 0.3) is 0 Å². The van der Waals surface area contributed by atoms with Crippen LogP contribution in [-0.4, -0.2) is 49.7 Å². The number of carboxylic acids is 1. The number of fused-ring (bicyclic) bond motifs is 2. The van der Waals surface area contributed by atoms with Gasteiger partial charge in [-0.05, 0) is 38.0 Å². The molecule has 2 aliphatic rings. The maximum atomic E-state index is 10.5. The largest absolute Gasteiger partial charge is 0.481 e. The lowest BCUT2D eigenvalue weighted by molar-refractivity contribution is -0.137. The topological polar surface area (TPSA) is 65.0 Å². The van der Waals surface area contributed by atoms with Crippen molar-refractivity contribution in [1.29, 1.82) is 0 Å². The lowest BCUT2D eigenvalue weighted by Gasteiger charge is -2.27. The van der Waals surface area contributed by atoms with Crippen LogP contribution in [0.15, 0.2) is 0 Å². The summed E-state index contributed by atoms with van der Waals surface area (Å²) in [5.41, 5.74) is 0. The first-order valence-corrected chi connectivity index (χ1v) is 9.75. The van der Waals surface area contributed by atoms with Gasteiger partial charge >= 0.3 is 5.97 Å². The van der Waals surface area contributed by atoms with Crippen molar-refractivity contribution in [3.63, 3.8) is 0 Å². The van der Waals surface area contributed by atoms with Gasteiger partial charge in [0.25, 0.3) is 0 Å². The van der Waals surface area contributed by atoms with Gasteiger partial charge in [-0.1, -0.05) is 26.2 Å². The van der Waals surface area contributed by atoms with Gasteiger partial charge in [-0.3, -0.25) is 4.79 Å². The van der Waals surface area contributed by atoms with Crippen LogP contribution >= 0.6 is 0 Å². The summed E-state index contributed by atoms with van der Waals surface area (Å²) >= 11 is 0. The standard InChI is InChI=1S/C19H34O5/c1-2-3-4-5-11-23-14-16-15(17-8-9-18(16)24-17)10-13-22-12-6-7-19(20)21/h15-18H,2-14H2,1H3,(H,20,21)/t15-,16+,17-,18+/m0/s1. The molecule has 140 valence electrons. The molecule has 4 atom stereocenters. The maximum absolute atomic E-state index is 10.5. The number of unbranched alkanes of at least 4 members (excludes halogenated alkanes) is 3. The first-order chi connectivity index (χ1) is 11.7. The Morgan fingerprint density at radius 1 is 1.00 bits per heavy atom. The lowest BCUT2D eigenvalue weighted by atomic mass is 9.78. The van der Waals surface area contributed by atoms with Crippen molar-refractivity contribution in [3.05, 3.63) is 0 Å². The average molecular weight is 342 g/mol. The molecule has 0 saturated carbocycles. The maximum Gasteiger partial charge on any atom is 0.303 e. The molecule has 2 rings (SSSR count). The summed E-state index contributed by atoms with van der Waals surface area (Å²) in [5.74, 6) is 0.299. The summed E-state index contributed by atoms with van der Waals surface area (Å²) in [7, 11) is 0. The number of carbonyl (C=O) groups is 1. The summed E-state index contributed by atoms with van der Waals surface area (Å²) in [5, 5.41) is 8.61. The fourth-order valence-electron chi connectivity index (χ4n) is 4.00. The monoisotopic (exact) mass is 342 g/mol. The zero-order valence-corrected chi connectivity index (χ0v) is 15.1. The number of hydrogen-bond donors (Lipinski definition) is 1. The number of hydrogen-bond acceptors (Lipinski definition) is 4. The van der Waals surface area contributed by atoms with Gasteiger partial charge in [-0.25, -0.2) is 0 Å². The van der Waals surface area contributed by atoms with Crippen molar-refractivity contribution < 1.29 is 24.1 Å². The highest BCUT2D eigenvalue weighted by Crippen LogP contribution is 2.45. The molecule has 1 N–H and O–H groups in total. The molecule has 5 nitrogen and oxygen atoms in total. The molecular weight excluding hydrogens is 308 g/mol. The molecule has 0 unspecified atom stereocenters. The number of ether oxygens (including phenoxy) is 3. The summed E-state index contributed by atoms with van der Waals surface area (Å²) in [6, 6.07) is 0. The number of carboxylic acid groups (broad SMARTS) is 1. The average Bonchev–Trinajstić information content (AvgIpc) is 3.15. The van der Waals surface area contributed by atoms with Crippen LogP contribution in [0.3, 0.4) is 0 Å². The second kappa shape index (κ2) is 11.1. The molecule has 0 aromatic carbocycles. The van der Waals surface area contributed by atoms with Gasteiger partial charge in [0, 0.05) is 32.2 Å². The Labute approximate surface area is 146 Å². The minimum atomic E-state index is -0.753. The van der Waals surface area contributed by atoms with E-state index < -0.39 is 5.97 Å². The molecule has 0 aromatic rings. The van der Waals surface area contributed by atoms with Crippen LogP contribution in [0.2, 0.25) is 0 Å². The molecule has 0 aromatic heterocycles. The van der Waals surface area contributed by atoms with Gasteiger partial charge in [-0.2, -0.15) is 0 Å². The van der Waals surface area contributed by atoms with Crippen molar-refractivity contribution in [2.24, 2.45) is 11.8 Å². The van der Waals surface area contributed by atoms with Crippen molar-refractivity contribution in [1.82, 2.24) is 0 Å². The van der Waals surface area contributed by atoms with E-state index in [1.165, 1.54) is 32.1 Å². The van der Waals surface area contributed by atoms with E-state index in [2.05, 4.69) is 6.92 Å². The minimum absolute atomic E-state index is 0.186. The Balaban J connectivity index is 1.59. The quantitative estimate of drug-likeness (QED) is 0.488. The molecule has 0 radical (unpaired) electrons. The summed E-state index contributed by atoms with van der Waals surface area (Å²) in [6.07, 6.45) is 9.85. The van der Waals surface area contributed by atoms with Crippen LogP contribution in [0.4, 0.5) is 0 Å². The predicted octanol–water partition coefficient (Wildman–Crippen LogP) is 3.65. The molecular formula is C19H34O5. The van der Waals surface area contributed by atoms with Gasteiger partial charge < -0.3 is 19.3 Å². The fraction of sp³-hybridized carbons (Fsp3) is 0.947. The predicted molar refractivity (Wildman–Crippen MR) is 92.1 cm³/mol. The molecule has 5 heteroatoms. The summed E-state index contributed by atoms with van der Waals surface area (Å²) in [6.45, 7) is 5.14. The highest BCUT2D eigenvalue weighted by molar-refractivity contribution is 5.66. The van der Waals surface area contributed by atoms with E-state index in [-0.39, 0.29) is 6.42 Å². The van der Waals surface area contributed by atoms with Gasteiger partial charge in [-0.15, -0.1) is 0 Å². The first kappa shape index (κ1) is 19.7. The highest BCUT2D eigenvalue weighted by Gasteiger charge is 2.48. The van der Waals surface area contributed by atoms with Crippen LogP contribution < -0.4 is 0 Å². The van der Waals surface area contributed by atoms with E-state index >= 15 is 0 Å². The lowest BCUT2D eigenvalue weighted by Crippen LogP contribution is -2.31. The van der Waals surface area contributed by atoms with Gasteiger partial charge in [0.05, 0.1) is 18.8 Å². The van der Waals surface area contributed by atoms with Crippen molar-refractivity contribution in [2.45, 2.75) is 76.9 Å². The van der Waals surface area contributed by atoms with Crippen LogP contribution in [0.5, 0.6) is 0 Å². The van der Waals surface area contributed by atoms with Gasteiger partial charge in [0.15, 0.2) is 0 Å². The minimum Gasteiger partial charge on any atom is -0.481 e. The molecule has 2 fully saturated rings. The van der Waals surface area contributed by atoms with E-state index in [1.807, 2.05) is 0 Å². The van der Waals surface area contributed by atoms with E-state index in [4.69, 9.17) is 19.3 Å². The Kier molecular flexibility index (Phi) is 9.07. The molecule has 0 spiro atoms. The van der Waals surface area contributed by atoms with Gasteiger partial charge in [0.1, 0.15) is 0 Å². The van der Waals surface area contributed by atoms with Gasteiger partial charge in [0.2, 0.25) is 0 Å². The normalized spacial score (nSPS) is 28.5. The highest BCUT2D eigenvalue weighted by atomic mass is 16.5. The molecule has 2 aliphatic heterocycles. The van der Waals surface area contributed by atoms with Crippen LogP contribution in [0.1, 0.15) is 64.7 Å². The molecule has 2 saturated heterocycles. The van der Waals surface area contributed by atoms with E-state index in [0.717, 1.165) is 26.1 Å². The summed E-state index contributed by atoms with van der Waals surface area (Å²) in [4.78, 5) is 10.5. The Bertz CT molecular complexity index is 360. The first-order valence-electron chi connectivity index (χ1n) is 9.75. The third-order valence-corrected chi connectivity index (χ3v) is 5.32. The fourth-order valence-corrected chi connectivity index (χ4v) is 4.00. The van der Waals surface area contributed by atoms with E-state index in [9.17, 15) is 4.79 Å². The molecule has 0 aliphatic carbocycles. The molecule has 2 bridgehead atoms. The van der Waals surface area contributed by atoms with Crippen LogP contribution in [0, 0.1) is 11.8 Å². The Hall–Kier alpha value is -0.650. The zero-order valence-electron chi connectivity index (χ0n) is 15.1. The third kappa shape index (κ3) is 6.34. The molecule has 24 heavy (non-hydrogen) atoms. The Morgan fingerprint density at radius 3 is 2.50 bits per heavy atom. The summed E-state index contributed by atoms with van der Waals surface area (Å²) < 4.78 is 17.6. The molecule has 2 heterocycles. The number of aliphatic carboxylic acids is 1.